The van der Waals surface area contributed by atoms with Crippen LogP contribution in [0.5, 0.6) is 0 Å². The van der Waals surface area contributed by atoms with E-state index in [1.807, 2.05) is 13.8 Å². The molecule has 0 radical (unpaired) electrons. The summed E-state index contributed by atoms with van der Waals surface area (Å²) >= 11 is 0. The van der Waals surface area contributed by atoms with Crippen LogP contribution in [0.1, 0.15) is 36.8 Å². The van der Waals surface area contributed by atoms with Gasteiger partial charge in [0.05, 0.1) is 16.7 Å². The van der Waals surface area contributed by atoms with Gasteiger partial charge in [-0.2, -0.15) is 4.31 Å². The fourth-order valence-electron chi connectivity index (χ4n) is 4.13. The van der Waals surface area contributed by atoms with Gasteiger partial charge in [-0.05, 0) is 49.9 Å². The van der Waals surface area contributed by atoms with Crippen LogP contribution in [-0.2, 0) is 19.6 Å². The maximum absolute atomic E-state index is 12.9. The maximum atomic E-state index is 12.9. The number of aryl methyl sites for hydroxylation is 2. The summed E-state index contributed by atoms with van der Waals surface area (Å²) < 4.78 is 27.2. The van der Waals surface area contributed by atoms with E-state index in [4.69, 9.17) is 0 Å². The number of amides is 1. The van der Waals surface area contributed by atoms with Gasteiger partial charge in [0.25, 0.3) is 0 Å². The third-order valence-corrected chi connectivity index (χ3v) is 7.96. The summed E-state index contributed by atoms with van der Waals surface area (Å²) in [5.41, 5.74) is 1.96. The zero-order chi connectivity index (χ0) is 20.5. The molecule has 2 atom stereocenters. The third kappa shape index (κ3) is 4.07. The third-order valence-electron chi connectivity index (χ3n) is 6.07. The Morgan fingerprint density at radius 2 is 1.57 bits per heavy atom. The van der Waals surface area contributed by atoms with Gasteiger partial charge in [0, 0.05) is 26.2 Å². The Hall–Kier alpha value is -1.93. The first-order valence-electron chi connectivity index (χ1n) is 9.81. The van der Waals surface area contributed by atoms with E-state index in [2.05, 4.69) is 0 Å². The van der Waals surface area contributed by atoms with E-state index >= 15 is 0 Å². The molecule has 2 fully saturated rings. The number of sulfonamides is 1. The van der Waals surface area contributed by atoms with E-state index in [1.165, 1.54) is 4.31 Å². The van der Waals surface area contributed by atoms with Gasteiger partial charge in [-0.15, -0.1) is 0 Å². The van der Waals surface area contributed by atoms with Crippen molar-refractivity contribution >= 4 is 21.9 Å². The van der Waals surface area contributed by atoms with Crippen LogP contribution in [0.4, 0.5) is 0 Å². The number of carboxylic acid groups (broad SMARTS) is 1. The van der Waals surface area contributed by atoms with Gasteiger partial charge in [0.2, 0.25) is 15.9 Å². The van der Waals surface area contributed by atoms with Crippen LogP contribution < -0.4 is 0 Å². The van der Waals surface area contributed by atoms with E-state index in [0.29, 0.717) is 25.9 Å². The van der Waals surface area contributed by atoms with Crippen molar-refractivity contribution in [2.24, 2.45) is 11.8 Å². The molecule has 0 aromatic heterocycles. The molecule has 0 bridgehead atoms. The molecule has 28 heavy (non-hydrogen) atoms. The van der Waals surface area contributed by atoms with Crippen LogP contribution in [-0.4, -0.2) is 60.8 Å². The quantitative estimate of drug-likeness (QED) is 0.823. The molecule has 3 rings (SSSR count). The van der Waals surface area contributed by atoms with Gasteiger partial charge in [-0.1, -0.05) is 18.9 Å². The summed E-state index contributed by atoms with van der Waals surface area (Å²) in [6.45, 7) is 4.87. The first-order valence-corrected chi connectivity index (χ1v) is 11.2. The Labute approximate surface area is 166 Å². The minimum atomic E-state index is -3.60. The number of piperazine rings is 1. The van der Waals surface area contributed by atoms with Crippen LogP contribution in [0.15, 0.2) is 23.1 Å². The normalized spacial score (nSPS) is 24.1. The number of benzene rings is 1. The zero-order valence-corrected chi connectivity index (χ0v) is 17.2. The van der Waals surface area contributed by atoms with Gasteiger partial charge in [0.1, 0.15) is 0 Å². The minimum Gasteiger partial charge on any atom is -0.481 e. The lowest BCUT2D eigenvalue weighted by Crippen LogP contribution is -2.53. The summed E-state index contributed by atoms with van der Waals surface area (Å²) in [7, 11) is -3.60. The highest BCUT2D eigenvalue weighted by atomic mass is 32.2. The molecule has 1 heterocycles. The first kappa shape index (κ1) is 20.8. The van der Waals surface area contributed by atoms with Gasteiger partial charge in [0.15, 0.2) is 0 Å². The Morgan fingerprint density at radius 3 is 2.14 bits per heavy atom. The van der Waals surface area contributed by atoms with Crippen molar-refractivity contribution in [3.63, 3.8) is 0 Å². The Balaban J connectivity index is 1.67. The van der Waals surface area contributed by atoms with Crippen molar-refractivity contribution in [3.8, 4) is 0 Å². The second-order valence-corrected chi connectivity index (χ2v) is 9.75. The summed E-state index contributed by atoms with van der Waals surface area (Å²) in [5, 5.41) is 9.41. The molecule has 1 aliphatic carbocycles. The summed E-state index contributed by atoms with van der Waals surface area (Å²) in [4.78, 5) is 26.3. The number of rotatable bonds is 4. The van der Waals surface area contributed by atoms with Crippen molar-refractivity contribution in [1.29, 1.82) is 0 Å². The highest BCUT2D eigenvalue weighted by Crippen LogP contribution is 2.32. The largest absolute Gasteiger partial charge is 0.481 e. The molecule has 1 N–H and O–H groups in total. The van der Waals surface area contributed by atoms with Crippen LogP contribution in [0.2, 0.25) is 0 Å². The SMILES string of the molecule is Cc1ccc(S(=O)(=O)N2CCN(C(=O)[C@@H]3CCCC[C@H]3C(=O)O)CC2)cc1C. The summed E-state index contributed by atoms with van der Waals surface area (Å²) in [5.74, 6) is -2.17. The fraction of sp³-hybridized carbons (Fsp3) is 0.600. The summed E-state index contributed by atoms with van der Waals surface area (Å²) in [6, 6.07) is 5.10. The first-order chi connectivity index (χ1) is 13.2. The lowest BCUT2D eigenvalue weighted by atomic mass is 9.78. The number of aliphatic carboxylic acids is 1. The zero-order valence-electron chi connectivity index (χ0n) is 16.4. The monoisotopic (exact) mass is 408 g/mol. The smallest absolute Gasteiger partial charge is 0.307 e. The van der Waals surface area contributed by atoms with Crippen LogP contribution in [0.25, 0.3) is 0 Å². The molecule has 1 aromatic rings. The predicted octanol–water partition coefficient (Wildman–Crippen LogP) is 2.03. The van der Waals surface area contributed by atoms with Gasteiger partial charge >= 0.3 is 5.97 Å². The summed E-state index contributed by atoms with van der Waals surface area (Å²) in [6.07, 6.45) is 2.83. The predicted molar refractivity (Wildman–Crippen MR) is 104 cm³/mol. The molecule has 0 spiro atoms. The second kappa shape index (κ2) is 8.21. The fourth-order valence-corrected chi connectivity index (χ4v) is 5.64. The number of carboxylic acids is 1. The van der Waals surface area contributed by atoms with E-state index in [9.17, 15) is 23.1 Å². The molecule has 8 heteroatoms. The van der Waals surface area contributed by atoms with Gasteiger partial charge in [-0.25, -0.2) is 8.42 Å². The molecule has 0 unspecified atom stereocenters. The van der Waals surface area contributed by atoms with Crippen LogP contribution >= 0.6 is 0 Å². The Bertz CT molecular complexity index is 859. The minimum absolute atomic E-state index is 0.143. The van der Waals surface area contributed by atoms with E-state index in [1.54, 1.807) is 23.1 Å². The Kier molecular flexibility index (Phi) is 6.09. The average Bonchev–Trinajstić information content (AvgIpc) is 2.69. The molecular weight excluding hydrogens is 380 g/mol. The molecule has 7 nitrogen and oxygen atoms in total. The number of hydrogen-bond acceptors (Lipinski definition) is 4. The van der Waals surface area contributed by atoms with Crippen molar-refractivity contribution in [2.45, 2.75) is 44.4 Å². The Morgan fingerprint density at radius 1 is 0.964 bits per heavy atom. The van der Waals surface area contributed by atoms with Crippen molar-refractivity contribution in [1.82, 2.24) is 9.21 Å². The molecule has 1 saturated carbocycles. The second-order valence-electron chi connectivity index (χ2n) is 7.81. The highest BCUT2D eigenvalue weighted by molar-refractivity contribution is 7.89. The molecular formula is C20H28N2O5S. The molecule has 154 valence electrons. The van der Waals surface area contributed by atoms with Crippen LogP contribution in [0, 0.1) is 25.7 Å². The average molecular weight is 409 g/mol. The molecule has 1 aromatic carbocycles. The topological polar surface area (TPSA) is 95.0 Å². The molecule has 1 saturated heterocycles. The van der Waals surface area contributed by atoms with Crippen molar-refractivity contribution < 1.29 is 23.1 Å². The number of carbonyl (C=O) groups is 2. The lowest BCUT2D eigenvalue weighted by Gasteiger charge is -2.38. The van der Waals surface area contributed by atoms with Crippen molar-refractivity contribution in [2.75, 3.05) is 26.2 Å². The van der Waals surface area contributed by atoms with E-state index < -0.39 is 27.8 Å². The van der Waals surface area contributed by atoms with Gasteiger partial charge in [-0.3, -0.25) is 9.59 Å². The van der Waals surface area contributed by atoms with E-state index in [0.717, 1.165) is 24.0 Å². The van der Waals surface area contributed by atoms with Crippen molar-refractivity contribution in [3.05, 3.63) is 29.3 Å². The molecule has 1 aliphatic heterocycles. The lowest BCUT2D eigenvalue weighted by molar-refractivity contribution is -0.152. The maximum Gasteiger partial charge on any atom is 0.307 e. The standard InChI is InChI=1S/C20H28N2O5S/c1-14-7-8-16(13-15(14)2)28(26,27)22-11-9-21(10-12-22)19(23)17-5-3-4-6-18(17)20(24)25/h7-8,13,17-18H,3-6,9-12H2,1-2H3,(H,24,25)/t17-,18-/m1/s1. The van der Waals surface area contributed by atoms with Gasteiger partial charge < -0.3 is 10.0 Å². The number of hydrogen-bond donors (Lipinski definition) is 1. The number of carbonyl (C=O) groups excluding carboxylic acids is 1. The van der Waals surface area contributed by atoms with Crippen LogP contribution in [0.3, 0.4) is 0 Å². The molecule has 2 aliphatic rings. The molecule has 1 amide bonds. The number of nitrogens with zero attached hydrogens (tertiary/aromatic N) is 2. The highest BCUT2D eigenvalue weighted by Gasteiger charge is 2.39. The van der Waals surface area contributed by atoms with E-state index in [-0.39, 0.29) is 23.9 Å².